The number of aromatic nitrogens is 2. The number of nitrogens with one attached hydrogen (secondary N) is 1. The molecule has 0 aliphatic carbocycles. The van der Waals surface area contributed by atoms with Crippen LogP contribution < -0.4 is 11.1 Å². The fourth-order valence-corrected chi connectivity index (χ4v) is 2.88. The number of nitrogens with zero attached hydrogens (tertiary/aromatic N) is 3. The minimum atomic E-state index is 0.173. The van der Waals surface area contributed by atoms with Gasteiger partial charge in [-0.15, -0.1) is 0 Å². The monoisotopic (exact) mass is 303 g/mol. The Hall–Kier alpha value is -1.85. The molecule has 21 heavy (non-hydrogen) atoms. The summed E-state index contributed by atoms with van der Waals surface area (Å²) in [5.41, 5.74) is 9.41. The van der Waals surface area contributed by atoms with Crippen molar-refractivity contribution in [1.82, 2.24) is 14.9 Å². The molecule has 0 atom stereocenters. The zero-order valence-electron chi connectivity index (χ0n) is 11.9. The molecule has 5 nitrogen and oxygen atoms in total. The van der Waals surface area contributed by atoms with Crippen LogP contribution in [-0.4, -0.2) is 28.0 Å². The molecule has 0 fully saturated rings. The van der Waals surface area contributed by atoms with E-state index in [1.165, 1.54) is 11.1 Å². The third kappa shape index (κ3) is 3.09. The highest BCUT2D eigenvalue weighted by molar-refractivity contribution is 6.29. The van der Waals surface area contributed by atoms with Gasteiger partial charge in [0.15, 0.2) is 0 Å². The van der Waals surface area contributed by atoms with Gasteiger partial charge >= 0.3 is 0 Å². The molecule has 0 saturated heterocycles. The van der Waals surface area contributed by atoms with Gasteiger partial charge in [-0.3, -0.25) is 4.90 Å². The number of nitrogens with two attached hydrogens (primary N) is 1. The minimum absolute atomic E-state index is 0.173. The molecule has 0 saturated carbocycles. The summed E-state index contributed by atoms with van der Waals surface area (Å²) in [4.78, 5) is 10.5. The summed E-state index contributed by atoms with van der Waals surface area (Å²) in [5.74, 6) is 0.797. The van der Waals surface area contributed by atoms with E-state index in [-0.39, 0.29) is 5.95 Å². The molecule has 0 spiro atoms. The van der Waals surface area contributed by atoms with Crippen LogP contribution in [0.2, 0.25) is 5.15 Å². The van der Waals surface area contributed by atoms with Gasteiger partial charge in [0.25, 0.3) is 0 Å². The van der Waals surface area contributed by atoms with Crippen molar-refractivity contribution < 1.29 is 0 Å². The van der Waals surface area contributed by atoms with Gasteiger partial charge in [0.1, 0.15) is 11.0 Å². The number of anilines is 3. The van der Waals surface area contributed by atoms with E-state index in [9.17, 15) is 0 Å². The Morgan fingerprint density at radius 2 is 2.24 bits per heavy atom. The molecule has 0 amide bonds. The van der Waals surface area contributed by atoms with Crippen molar-refractivity contribution in [1.29, 1.82) is 0 Å². The molecule has 3 rings (SSSR count). The summed E-state index contributed by atoms with van der Waals surface area (Å²) < 4.78 is 0. The average molecular weight is 304 g/mol. The number of halogens is 1. The van der Waals surface area contributed by atoms with Gasteiger partial charge in [0.2, 0.25) is 5.95 Å². The zero-order chi connectivity index (χ0) is 14.8. The predicted molar refractivity (Wildman–Crippen MR) is 85.8 cm³/mol. The lowest BCUT2D eigenvalue weighted by atomic mass is 9.98. The van der Waals surface area contributed by atoms with E-state index in [1.807, 2.05) is 0 Å². The van der Waals surface area contributed by atoms with E-state index < -0.39 is 0 Å². The van der Waals surface area contributed by atoms with E-state index in [1.54, 1.807) is 6.07 Å². The van der Waals surface area contributed by atoms with Gasteiger partial charge in [0, 0.05) is 24.8 Å². The van der Waals surface area contributed by atoms with E-state index in [0.29, 0.717) is 11.0 Å². The first-order valence-electron chi connectivity index (χ1n) is 7.06. The fourth-order valence-electron chi connectivity index (χ4n) is 2.69. The van der Waals surface area contributed by atoms with Crippen LogP contribution in [-0.2, 0) is 13.0 Å². The van der Waals surface area contributed by atoms with Crippen LogP contribution in [0, 0.1) is 0 Å². The second-order valence-electron chi connectivity index (χ2n) is 5.12. The van der Waals surface area contributed by atoms with Crippen LogP contribution in [0.15, 0.2) is 24.3 Å². The molecule has 0 unspecified atom stereocenters. The number of rotatable bonds is 3. The molecule has 6 heteroatoms. The van der Waals surface area contributed by atoms with Crippen LogP contribution >= 0.6 is 11.6 Å². The molecular weight excluding hydrogens is 286 g/mol. The molecule has 2 aromatic rings. The Morgan fingerprint density at radius 3 is 3.00 bits per heavy atom. The summed E-state index contributed by atoms with van der Waals surface area (Å²) in [6.07, 6.45) is 1.03. The van der Waals surface area contributed by atoms with Crippen LogP contribution in [0.3, 0.4) is 0 Å². The topological polar surface area (TPSA) is 67.1 Å². The first-order chi connectivity index (χ1) is 10.2. The highest BCUT2D eigenvalue weighted by Crippen LogP contribution is 2.28. The van der Waals surface area contributed by atoms with Gasteiger partial charge in [0.05, 0.1) is 0 Å². The first kappa shape index (κ1) is 14.1. The van der Waals surface area contributed by atoms with E-state index in [4.69, 9.17) is 17.3 Å². The summed E-state index contributed by atoms with van der Waals surface area (Å²) in [5, 5.41) is 3.65. The van der Waals surface area contributed by atoms with Crippen molar-refractivity contribution in [2.75, 3.05) is 24.1 Å². The van der Waals surface area contributed by atoms with Crippen molar-refractivity contribution in [3.63, 3.8) is 0 Å². The van der Waals surface area contributed by atoms with E-state index in [2.05, 4.69) is 45.3 Å². The van der Waals surface area contributed by atoms with E-state index >= 15 is 0 Å². The predicted octanol–water partition coefficient (Wildman–Crippen LogP) is 2.83. The Bertz CT molecular complexity index is 638. The third-order valence-electron chi connectivity index (χ3n) is 3.77. The molecule has 1 aromatic heterocycles. The number of fused-ring (bicyclic) bond motifs is 1. The number of hydrogen-bond donors (Lipinski definition) is 2. The molecular formula is C15H18ClN5. The summed E-state index contributed by atoms with van der Waals surface area (Å²) >= 11 is 5.92. The van der Waals surface area contributed by atoms with Crippen LogP contribution in [0.5, 0.6) is 0 Å². The van der Waals surface area contributed by atoms with Crippen LogP contribution in [0.4, 0.5) is 17.5 Å². The van der Waals surface area contributed by atoms with Crippen LogP contribution in [0.25, 0.3) is 0 Å². The second-order valence-corrected chi connectivity index (χ2v) is 5.51. The maximum atomic E-state index is 5.92. The number of hydrogen-bond acceptors (Lipinski definition) is 5. The number of benzene rings is 1. The zero-order valence-corrected chi connectivity index (χ0v) is 12.7. The second kappa shape index (κ2) is 5.87. The van der Waals surface area contributed by atoms with Gasteiger partial charge in [-0.1, -0.05) is 30.7 Å². The average Bonchev–Trinajstić information content (AvgIpc) is 2.46. The first-order valence-corrected chi connectivity index (χ1v) is 7.43. The third-order valence-corrected chi connectivity index (χ3v) is 3.96. The lowest BCUT2D eigenvalue weighted by Crippen LogP contribution is -2.30. The highest BCUT2D eigenvalue weighted by atomic mass is 35.5. The van der Waals surface area contributed by atoms with Gasteiger partial charge in [-0.05, 0) is 30.2 Å². The van der Waals surface area contributed by atoms with Crippen LogP contribution in [0.1, 0.15) is 18.1 Å². The lowest BCUT2D eigenvalue weighted by Gasteiger charge is -2.29. The van der Waals surface area contributed by atoms with Crippen molar-refractivity contribution in [2.24, 2.45) is 0 Å². The standard InChI is InChI=1S/C15H18ClN5/c1-2-21-7-6-11-10(9-21)4-3-5-12(11)18-14-8-13(16)19-15(17)20-14/h3-5,8H,2,6-7,9H2,1H3,(H3,17,18,19,20). The van der Waals surface area contributed by atoms with Gasteiger partial charge < -0.3 is 11.1 Å². The molecule has 2 heterocycles. The molecule has 1 aliphatic rings. The smallest absolute Gasteiger partial charge is 0.223 e. The molecule has 0 radical (unpaired) electrons. The van der Waals surface area contributed by atoms with E-state index in [0.717, 1.165) is 31.7 Å². The fraction of sp³-hybridized carbons (Fsp3) is 0.333. The Labute approximate surface area is 129 Å². The summed E-state index contributed by atoms with van der Waals surface area (Å²) in [7, 11) is 0. The highest BCUT2D eigenvalue weighted by Gasteiger charge is 2.17. The maximum Gasteiger partial charge on any atom is 0.223 e. The summed E-state index contributed by atoms with van der Waals surface area (Å²) in [6, 6.07) is 7.99. The molecule has 1 aromatic carbocycles. The molecule has 1 aliphatic heterocycles. The SMILES string of the molecule is CCN1CCc2c(cccc2Nc2cc(Cl)nc(N)n2)C1. The van der Waals surface area contributed by atoms with Crippen molar-refractivity contribution >= 4 is 29.1 Å². The van der Waals surface area contributed by atoms with Crippen molar-refractivity contribution in [3.8, 4) is 0 Å². The van der Waals surface area contributed by atoms with Gasteiger partial charge in [-0.2, -0.15) is 4.98 Å². The molecule has 0 bridgehead atoms. The summed E-state index contributed by atoms with van der Waals surface area (Å²) in [6.45, 7) is 5.34. The Balaban J connectivity index is 1.90. The maximum absolute atomic E-state index is 5.92. The van der Waals surface area contributed by atoms with Crippen molar-refractivity contribution in [2.45, 2.75) is 19.9 Å². The number of nitrogen functional groups attached to an aromatic ring is 1. The largest absolute Gasteiger partial charge is 0.368 e. The quantitative estimate of drug-likeness (QED) is 0.854. The minimum Gasteiger partial charge on any atom is -0.368 e. The van der Waals surface area contributed by atoms with Crippen molar-refractivity contribution in [3.05, 3.63) is 40.5 Å². The Kier molecular flexibility index (Phi) is 3.94. The molecule has 110 valence electrons. The van der Waals surface area contributed by atoms with Gasteiger partial charge in [-0.25, -0.2) is 4.98 Å². The Morgan fingerprint density at radius 1 is 1.38 bits per heavy atom. The number of likely N-dealkylation sites (N-methyl/N-ethyl adjacent to an activating group) is 1. The normalized spacial score (nSPS) is 14.8. The molecule has 3 N–H and O–H groups in total. The lowest BCUT2D eigenvalue weighted by molar-refractivity contribution is 0.268.